The molecule has 0 radical (unpaired) electrons. The molecule has 0 aliphatic heterocycles. The number of H-pyrrole nitrogens is 1. The Morgan fingerprint density at radius 1 is 1.10 bits per heavy atom. The molecule has 0 spiro atoms. The van der Waals surface area contributed by atoms with Gasteiger partial charge in [-0.2, -0.15) is 0 Å². The zero-order valence-corrected chi connectivity index (χ0v) is 25.4. The molecule has 0 amide bonds. The van der Waals surface area contributed by atoms with Crippen molar-refractivity contribution < 1.29 is 23.3 Å². The minimum Gasteiger partial charge on any atom is -0.464 e. The maximum absolute atomic E-state index is 12.8. The predicted octanol–water partition coefficient (Wildman–Crippen LogP) is 4.89. The molecule has 3 rings (SSSR count). The van der Waals surface area contributed by atoms with Crippen LogP contribution in [0.5, 0.6) is 5.75 Å². The van der Waals surface area contributed by atoms with Gasteiger partial charge in [0.15, 0.2) is 0 Å². The van der Waals surface area contributed by atoms with Crippen LogP contribution < -0.4 is 20.9 Å². The second-order valence-electron chi connectivity index (χ2n) is 10.7. The highest BCUT2D eigenvalue weighted by Crippen LogP contribution is 2.47. The van der Waals surface area contributed by atoms with Crippen LogP contribution in [-0.4, -0.2) is 40.9 Å². The van der Waals surface area contributed by atoms with E-state index in [0.717, 1.165) is 10.8 Å². The van der Waals surface area contributed by atoms with Gasteiger partial charge in [0.2, 0.25) is 0 Å². The van der Waals surface area contributed by atoms with Crippen molar-refractivity contribution in [3.8, 4) is 5.75 Å². The summed E-state index contributed by atoms with van der Waals surface area (Å²) >= 11 is 5.91. The third-order valence-corrected chi connectivity index (χ3v) is 8.32. The maximum atomic E-state index is 12.8. The zero-order valence-electron chi connectivity index (χ0n) is 23.7. The molecule has 10 nitrogen and oxygen atoms in total. The number of aromatic amines is 1. The molecule has 0 fully saturated rings. The Morgan fingerprint density at radius 2 is 1.80 bits per heavy atom. The van der Waals surface area contributed by atoms with E-state index in [0.29, 0.717) is 12.2 Å². The Morgan fingerprint density at radius 3 is 2.48 bits per heavy atom. The van der Waals surface area contributed by atoms with Gasteiger partial charge >= 0.3 is 18.3 Å². The van der Waals surface area contributed by atoms with Crippen LogP contribution in [0.1, 0.15) is 54.2 Å². The van der Waals surface area contributed by atoms with Crippen molar-refractivity contribution in [1.82, 2.24) is 14.6 Å². The average molecular weight is 592 g/mol. The van der Waals surface area contributed by atoms with Crippen LogP contribution >= 0.6 is 6.64 Å². The summed E-state index contributed by atoms with van der Waals surface area (Å²) in [6, 6.07) is 13.8. The molecule has 2 N–H and O–H groups in total. The summed E-state index contributed by atoms with van der Waals surface area (Å²) in [5.41, 5.74) is -1.26. The molecule has 2 unspecified atom stereocenters. The molecule has 0 saturated carbocycles. The number of hydrogen-bond acceptors (Lipinski definition) is 8. The van der Waals surface area contributed by atoms with Crippen molar-refractivity contribution in [2.75, 3.05) is 13.2 Å². The highest BCUT2D eigenvalue weighted by Gasteiger charge is 2.30. The quantitative estimate of drug-likeness (QED) is 0.211. The van der Waals surface area contributed by atoms with Crippen LogP contribution in [0.15, 0.2) is 64.3 Å². The van der Waals surface area contributed by atoms with Crippen LogP contribution in [0.2, 0.25) is 0 Å². The van der Waals surface area contributed by atoms with E-state index in [1.165, 1.54) is 16.8 Å². The normalized spacial score (nSPS) is 15.7. The number of nitrogens with one attached hydrogen (secondary N) is 2. The van der Waals surface area contributed by atoms with E-state index < -0.39 is 42.2 Å². The smallest absolute Gasteiger partial charge is 0.330 e. The largest absolute Gasteiger partial charge is 0.464 e. The Hall–Kier alpha value is -2.82. The molecule has 1 heterocycles. The number of esters is 1. The number of benzene rings is 2. The van der Waals surface area contributed by atoms with Crippen LogP contribution in [-0.2, 0) is 30.6 Å². The minimum absolute atomic E-state index is 0.0255. The van der Waals surface area contributed by atoms with Crippen LogP contribution in [0.3, 0.4) is 0 Å². The SMILES string of the molecule is CC[C@@H](COP(=S)(NC(C)C(=O)OCC(C)(C)C)Oc1cccc2ccccc12)O[C@H](C)n1ccc(=O)[nH]c1=O. The van der Waals surface area contributed by atoms with E-state index in [2.05, 4.69) is 10.1 Å². The van der Waals surface area contributed by atoms with Gasteiger partial charge in [-0.05, 0) is 48.9 Å². The summed E-state index contributed by atoms with van der Waals surface area (Å²) in [5.74, 6) is 0.0509. The number of fused-ring (bicyclic) bond motifs is 1. The fourth-order valence-electron chi connectivity index (χ4n) is 3.69. The van der Waals surface area contributed by atoms with Crippen molar-refractivity contribution in [3.63, 3.8) is 0 Å². The fourth-order valence-corrected chi connectivity index (χ4v) is 6.13. The number of rotatable bonds is 13. The molecule has 0 bridgehead atoms. The molecular formula is C28H38N3O7PS. The molecule has 12 heteroatoms. The lowest BCUT2D eigenvalue weighted by molar-refractivity contribution is -0.148. The number of carbonyl (C=O) groups excluding carboxylic acids is 1. The number of ether oxygens (including phenoxy) is 2. The topological polar surface area (TPSA) is 121 Å². The first kappa shape index (κ1) is 31.7. The minimum atomic E-state index is -3.33. The van der Waals surface area contributed by atoms with Crippen LogP contribution in [0, 0.1) is 5.41 Å². The molecule has 2 aromatic carbocycles. The first-order chi connectivity index (χ1) is 18.8. The Kier molecular flexibility index (Phi) is 10.9. The third-order valence-electron chi connectivity index (χ3n) is 5.84. The average Bonchev–Trinajstić information content (AvgIpc) is 2.89. The van der Waals surface area contributed by atoms with Gasteiger partial charge in [-0.15, -0.1) is 0 Å². The van der Waals surface area contributed by atoms with E-state index in [4.69, 9.17) is 30.3 Å². The van der Waals surface area contributed by atoms with Crippen molar-refractivity contribution in [2.45, 2.75) is 66.3 Å². The summed E-state index contributed by atoms with van der Waals surface area (Å²) in [6.07, 6.45) is 0.751. The third kappa shape index (κ3) is 9.11. The summed E-state index contributed by atoms with van der Waals surface area (Å²) in [6.45, 7) is 8.12. The molecule has 0 saturated heterocycles. The molecule has 0 aliphatic carbocycles. The number of carbonyl (C=O) groups is 1. The van der Waals surface area contributed by atoms with Gasteiger partial charge in [0.05, 0.1) is 19.3 Å². The lowest BCUT2D eigenvalue weighted by Crippen LogP contribution is -2.37. The summed E-state index contributed by atoms with van der Waals surface area (Å²) in [7, 11) is 0. The van der Waals surface area contributed by atoms with Crippen molar-refractivity contribution in [1.29, 1.82) is 0 Å². The van der Waals surface area contributed by atoms with Crippen LogP contribution in [0.25, 0.3) is 10.8 Å². The first-order valence-electron chi connectivity index (χ1n) is 13.1. The summed E-state index contributed by atoms with van der Waals surface area (Å²) in [5, 5.41) is 4.89. The molecule has 1 aromatic heterocycles. The standard InChI is InChI=1S/C28H38N3O7PS/c1-7-22(37-20(3)31-16-15-25(32)29-27(31)34)17-36-39(40,30-19(2)26(33)35-18-28(4,5)6)38-24-14-10-12-21-11-8-9-13-23(21)24/h8-16,19-20,22H,7,17-18H2,1-6H3,(H,30,40)(H,29,32,34)/t19?,20-,22+,39?/m1/s1. The van der Waals surface area contributed by atoms with Gasteiger partial charge in [0.1, 0.15) is 18.0 Å². The molecule has 218 valence electrons. The van der Waals surface area contributed by atoms with Gasteiger partial charge in [0.25, 0.3) is 5.56 Å². The van der Waals surface area contributed by atoms with Crippen LogP contribution in [0.4, 0.5) is 0 Å². The molecule has 3 aromatic rings. The number of nitrogens with zero attached hydrogens (tertiary/aromatic N) is 1. The second-order valence-corrected chi connectivity index (χ2v) is 13.8. The lowest BCUT2D eigenvalue weighted by atomic mass is 9.99. The zero-order chi connectivity index (χ0) is 29.5. The second kappa shape index (κ2) is 13.7. The van der Waals surface area contributed by atoms with Gasteiger partial charge in [0, 0.05) is 17.6 Å². The summed E-state index contributed by atoms with van der Waals surface area (Å²) in [4.78, 5) is 38.6. The van der Waals surface area contributed by atoms with Crippen molar-refractivity contribution in [3.05, 3.63) is 75.6 Å². The van der Waals surface area contributed by atoms with E-state index >= 15 is 0 Å². The molecule has 0 aliphatic rings. The highest BCUT2D eigenvalue weighted by atomic mass is 32.5. The summed E-state index contributed by atoms with van der Waals surface area (Å²) < 4.78 is 25.4. The Balaban J connectivity index is 1.81. The monoisotopic (exact) mass is 591 g/mol. The van der Waals surface area contributed by atoms with Crippen molar-refractivity contribution in [2.24, 2.45) is 5.41 Å². The maximum Gasteiger partial charge on any atom is 0.330 e. The van der Waals surface area contributed by atoms with Gasteiger partial charge in [-0.3, -0.25) is 19.1 Å². The Labute approximate surface area is 239 Å². The van der Waals surface area contributed by atoms with Gasteiger partial charge in [-0.1, -0.05) is 64.1 Å². The molecule has 40 heavy (non-hydrogen) atoms. The highest BCUT2D eigenvalue weighted by molar-refractivity contribution is 8.09. The van der Waals surface area contributed by atoms with Gasteiger partial charge < -0.3 is 18.5 Å². The Bertz CT molecular complexity index is 1460. The number of hydrogen-bond donors (Lipinski definition) is 2. The number of aromatic nitrogens is 2. The predicted molar refractivity (Wildman–Crippen MR) is 159 cm³/mol. The lowest BCUT2D eigenvalue weighted by Gasteiger charge is -2.29. The molecule has 4 atom stereocenters. The molecular weight excluding hydrogens is 553 g/mol. The van der Waals surface area contributed by atoms with E-state index in [1.807, 2.05) is 64.1 Å². The van der Waals surface area contributed by atoms with Gasteiger partial charge in [-0.25, -0.2) is 9.88 Å². The van der Waals surface area contributed by atoms with E-state index in [9.17, 15) is 14.4 Å². The fraction of sp³-hybridized carbons (Fsp3) is 0.464. The van der Waals surface area contributed by atoms with Crippen molar-refractivity contribution >= 4 is 35.2 Å². The van der Waals surface area contributed by atoms with E-state index in [1.54, 1.807) is 19.9 Å². The first-order valence-corrected chi connectivity index (χ1v) is 15.8. The van der Waals surface area contributed by atoms with E-state index in [-0.39, 0.29) is 18.6 Å².